The highest BCUT2D eigenvalue weighted by molar-refractivity contribution is 7.93. The van der Waals surface area contributed by atoms with E-state index >= 15 is 0 Å². The van der Waals surface area contributed by atoms with Crippen molar-refractivity contribution in [2.75, 3.05) is 13.2 Å². The number of β-lactam (4-membered cyclic amide) rings is 1. The lowest BCUT2D eigenvalue weighted by Gasteiger charge is -2.35. The number of hydrogen-bond donors (Lipinski definition) is 1. The Bertz CT molecular complexity index is 1030. The smallest absolute Gasteiger partial charge is 0.361 e. The summed E-state index contributed by atoms with van der Waals surface area (Å²) in [5.41, 5.74) is -0.947. The lowest BCUT2D eigenvalue weighted by atomic mass is 9.96. The highest BCUT2D eigenvalue weighted by Crippen LogP contribution is 2.46. The van der Waals surface area contributed by atoms with Gasteiger partial charge >= 0.3 is 17.9 Å². The molecule has 0 aromatic carbocycles. The molecule has 13 nitrogen and oxygen atoms in total. The minimum atomic E-state index is -4.16. The fourth-order valence-electron chi connectivity index (χ4n) is 3.75. The number of ether oxygens (including phenoxy) is 2. The summed E-state index contributed by atoms with van der Waals surface area (Å²) in [7, 11) is -4.16. The molecule has 3 atom stereocenters. The van der Waals surface area contributed by atoms with Crippen LogP contribution >= 0.6 is 0 Å². The molecule has 0 unspecified atom stereocenters. The summed E-state index contributed by atoms with van der Waals surface area (Å²) in [4.78, 5) is 49.2. The molecule has 0 radical (unpaired) electrons. The third-order valence-corrected chi connectivity index (χ3v) is 7.94. The largest absolute Gasteiger partial charge is 0.480 e. The van der Waals surface area contributed by atoms with Gasteiger partial charge in [-0.25, -0.2) is 27.5 Å². The van der Waals surface area contributed by atoms with Gasteiger partial charge in [-0.1, -0.05) is 5.21 Å². The molecule has 1 aromatic rings. The van der Waals surface area contributed by atoms with Crippen LogP contribution in [-0.2, 0) is 35.4 Å². The van der Waals surface area contributed by atoms with E-state index in [4.69, 9.17) is 9.47 Å². The zero-order chi connectivity index (χ0) is 22.4. The van der Waals surface area contributed by atoms with Gasteiger partial charge in [-0.15, -0.1) is 5.10 Å². The molecule has 0 bridgehead atoms. The van der Waals surface area contributed by atoms with E-state index in [1.807, 2.05) is 0 Å². The second-order valence-electron chi connectivity index (χ2n) is 6.94. The monoisotopic (exact) mass is 444 g/mol. The van der Waals surface area contributed by atoms with Crippen molar-refractivity contribution in [3.05, 3.63) is 11.4 Å². The molecule has 2 fully saturated rings. The van der Waals surface area contributed by atoms with Gasteiger partial charge in [-0.2, -0.15) is 0 Å². The fourth-order valence-corrected chi connectivity index (χ4v) is 6.10. The van der Waals surface area contributed by atoms with E-state index in [-0.39, 0.29) is 19.6 Å². The Morgan fingerprint density at radius 2 is 1.80 bits per heavy atom. The van der Waals surface area contributed by atoms with Crippen molar-refractivity contribution in [3.8, 4) is 0 Å². The molecule has 30 heavy (non-hydrogen) atoms. The number of nitrogens with zero attached hydrogens (tertiary/aromatic N) is 4. The summed E-state index contributed by atoms with van der Waals surface area (Å²) >= 11 is 0. The Balaban J connectivity index is 2.10. The summed E-state index contributed by atoms with van der Waals surface area (Å²) in [6, 6.07) is -1.70. The Morgan fingerprint density at radius 1 is 1.20 bits per heavy atom. The maximum absolute atomic E-state index is 13.1. The Labute approximate surface area is 170 Å². The average Bonchev–Trinajstić information content (AvgIpc) is 3.11. The number of fused-ring (bicyclic) bond motifs is 1. The van der Waals surface area contributed by atoms with Gasteiger partial charge in [0, 0.05) is 0 Å². The van der Waals surface area contributed by atoms with Crippen molar-refractivity contribution >= 4 is 33.7 Å². The molecular formula is C16H20N4O9S. The highest BCUT2D eigenvalue weighted by atomic mass is 32.2. The topological polar surface area (TPSA) is 175 Å². The Hall–Kier alpha value is -3.03. The van der Waals surface area contributed by atoms with Gasteiger partial charge in [-0.3, -0.25) is 4.79 Å². The second-order valence-corrected chi connectivity index (χ2v) is 9.51. The quantitative estimate of drug-likeness (QED) is 0.396. The predicted octanol–water partition coefficient (Wildman–Crippen LogP) is -1.17. The molecular weight excluding hydrogens is 424 g/mol. The van der Waals surface area contributed by atoms with Gasteiger partial charge in [0.2, 0.25) is 11.6 Å². The first kappa shape index (κ1) is 21.7. The summed E-state index contributed by atoms with van der Waals surface area (Å²) in [6.07, 6.45) is -0.322. The molecule has 3 rings (SSSR count). The average molecular weight is 444 g/mol. The van der Waals surface area contributed by atoms with Crippen LogP contribution in [0.3, 0.4) is 0 Å². The number of carbonyl (C=O) groups excluding carboxylic acids is 3. The van der Waals surface area contributed by atoms with E-state index in [1.54, 1.807) is 0 Å². The normalized spacial score (nSPS) is 26.6. The van der Waals surface area contributed by atoms with Gasteiger partial charge in [-0.05, 0) is 20.8 Å². The van der Waals surface area contributed by atoms with Crippen molar-refractivity contribution in [1.29, 1.82) is 0 Å². The van der Waals surface area contributed by atoms with Crippen molar-refractivity contribution in [3.63, 3.8) is 0 Å². The standard InChI is InChI=1S/C16H20N4O9S/c1-4-28-14(24)10-11(15(25)29-5-2)19(18-17-10)7-16(3)12(13(22)23)20-8(21)6-9(20)30(16,26)27/h9,12H,4-7H2,1-3H3,(H,22,23)/t9-,12-,16-/m0/s1. The van der Waals surface area contributed by atoms with Gasteiger partial charge in [0.05, 0.1) is 26.2 Å². The molecule has 0 spiro atoms. The summed E-state index contributed by atoms with van der Waals surface area (Å²) < 4.78 is 34.7. The van der Waals surface area contributed by atoms with E-state index < -0.39 is 67.7 Å². The number of carbonyl (C=O) groups is 4. The van der Waals surface area contributed by atoms with Crippen LogP contribution in [0.25, 0.3) is 0 Å². The summed E-state index contributed by atoms with van der Waals surface area (Å²) in [5.74, 6) is -4.09. The molecule has 0 aliphatic carbocycles. The van der Waals surface area contributed by atoms with Crippen molar-refractivity contribution in [2.45, 2.75) is 49.9 Å². The van der Waals surface area contributed by atoms with Crippen LogP contribution in [0.1, 0.15) is 48.2 Å². The maximum Gasteiger partial charge on any atom is 0.361 e. The number of rotatable bonds is 7. The number of hydrogen-bond acceptors (Lipinski definition) is 10. The molecule has 2 saturated heterocycles. The number of aliphatic carboxylic acids is 1. The van der Waals surface area contributed by atoms with Crippen molar-refractivity contribution < 1.29 is 42.2 Å². The van der Waals surface area contributed by atoms with Crippen molar-refractivity contribution in [1.82, 2.24) is 19.9 Å². The molecule has 164 valence electrons. The third kappa shape index (κ3) is 2.93. The van der Waals surface area contributed by atoms with Crippen LogP contribution in [0.2, 0.25) is 0 Å². The van der Waals surface area contributed by atoms with Gasteiger partial charge in [0.15, 0.2) is 21.6 Å². The molecule has 2 aliphatic heterocycles. The molecule has 1 N–H and O–H groups in total. The zero-order valence-electron chi connectivity index (χ0n) is 16.4. The van der Waals surface area contributed by atoms with Crippen LogP contribution in [0.5, 0.6) is 0 Å². The van der Waals surface area contributed by atoms with Crippen LogP contribution in [0.4, 0.5) is 0 Å². The number of carboxylic acid groups (broad SMARTS) is 1. The molecule has 3 heterocycles. The van der Waals surface area contributed by atoms with Crippen molar-refractivity contribution in [2.24, 2.45) is 0 Å². The van der Waals surface area contributed by atoms with E-state index in [9.17, 15) is 32.7 Å². The minimum Gasteiger partial charge on any atom is -0.480 e. The van der Waals surface area contributed by atoms with Gasteiger partial charge in [0.25, 0.3) is 0 Å². The molecule has 1 amide bonds. The van der Waals surface area contributed by atoms with Crippen LogP contribution in [-0.4, -0.2) is 86.6 Å². The first-order valence-corrected chi connectivity index (χ1v) is 10.6. The maximum atomic E-state index is 13.1. The van der Waals surface area contributed by atoms with E-state index in [0.717, 1.165) is 16.5 Å². The van der Waals surface area contributed by atoms with E-state index in [0.29, 0.717) is 0 Å². The van der Waals surface area contributed by atoms with E-state index in [2.05, 4.69) is 10.3 Å². The highest BCUT2D eigenvalue weighted by Gasteiger charge is 2.70. The molecule has 2 aliphatic rings. The van der Waals surface area contributed by atoms with Crippen LogP contribution < -0.4 is 0 Å². The first-order valence-electron chi connectivity index (χ1n) is 9.06. The van der Waals surface area contributed by atoms with Crippen LogP contribution in [0, 0.1) is 0 Å². The summed E-state index contributed by atoms with van der Waals surface area (Å²) in [5, 5.41) is 15.7. The predicted molar refractivity (Wildman–Crippen MR) is 95.9 cm³/mol. The fraction of sp³-hybridized carbons (Fsp3) is 0.625. The van der Waals surface area contributed by atoms with E-state index in [1.165, 1.54) is 13.8 Å². The summed E-state index contributed by atoms with van der Waals surface area (Å²) in [6.45, 7) is 3.51. The number of aromatic nitrogens is 3. The van der Waals surface area contributed by atoms with Gasteiger partial charge in [0.1, 0.15) is 10.1 Å². The molecule has 14 heteroatoms. The molecule has 1 aromatic heterocycles. The lowest BCUT2D eigenvalue weighted by Crippen LogP contribution is -2.58. The second kappa shape index (κ2) is 7.34. The molecule has 0 saturated carbocycles. The number of amides is 1. The Morgan fingerprint density at radius 3 is 2.33 bits per heavy atom. The van der Waals surface area contributed by atoms with Crippen LogP contribution in [0.15, 0.2) is 0 Å². The number of sulfone groups is 1. The number of esters is 2. The minimum absolute atomic E-state index is 0.0140. The first-order chi connectivity index (χ1) is 14.0. The SMILES string of the molecule is CCOC(=O)c1nnn(C[C@@]2(C)[C@H](C(=O)O)N3C(=O)C[C@@H]3S2(=O)=O)c1C(=O)OCC. The third-order valence-electron chi connectivity index (χ3n) is 5.18. The zero-order valence-corrected chi connectivity index (χ0v) is 17.2. The number of carboxylic acids is 1. The Kier molecular flexibility index (Phi) is 5.30. The lowest BCUT2D eigenvalue weighted by molar-refractivity contribution is -0.157. The van der Waals surface area contributed by atoms with Gasteiger partial charge < -0.3 is 19.5 Å².